The lowest BCUT2D eigenvalue weighted by Crippen LogP contribution is -2.51. The Balaban J connectivity index is 1.42. The second kappa shape index (κ2) is 8.29. The highest BCUT2D eigenvalue weighted by molar-refractivity contribution is 7.89. The van der Waals surface area contributed by atoms with E-state index in [0.717, 1.165) is 11.1 Å². The summed E-state index contributed by atoms with van der Waals surface area (Å²) in [6.07, 6.45) is 0.332. The molecule has 0 radical (unpaired) electrons. The largest absolute Gasteiger partial charge is 0.497 e. The lowest BCUT2D eigenvalue weighted by Gasteiger charge is -2.25. The Labute approximate surface area is 195 Å². The van der Waals surface area contributed by atoms with Crippen LogP contribution in [-0.4, -0.2) is 50.9 Å². The fraction of sp³-hybridized carbons (Fsp3) is 0.217. The minimum absolute atomic E-state index is 0.0609. The summed E-state index contributed by atoms with van der Waals surface area (Å²) in [6.45, 7) is 0.273. The Hall–Kier alpha value is -3.21. The number of sulfonamides is 1. The van der Waals surface area contributed by atoms with Crippen LogP contribution in [-0.2, 0) is 14.8 Å². The number of thiophene rings is 1. The molecule has 8 nitrogen and oxygen atoms in total. The van der Waals surface area contributed by atoms with Crippen molar-refractivity contribution in [1.82, 2.24) is 9.62 Å². The molecule has 1 fully saturated rings. The third-order valence-corrected chi connectivity index (χ3v) is 8.16. The van der Waals surface area contributed by atoms with Crippen LogP contribution in [0, 0.1) is 0 Å². The SMILES string of the molecule is COc1ccc(S(=O)(=O)N[C@@H]2CCN3C(=O)c4cc(-c5ccsc5)ccc4NC(=O)[C@H]23)cc1. The predicted molar refractivity (Wildman–Crippen MR) is 125 cm³/mol. The number of carbonyl (C=O) groups excluding carboxylic acids is 2. The second-order valence-electron chi connectivity index (χ2n) is 7.90. The highest BCUT2D eigenvalue weighted by Crippen LogP contribution is 2.33. The van der Waals surface area contributed by atoms with Crippen LogP contribution in [0.2, 0.25) is 0 Å². The molecule has 2 N–H and O–H groups in total. The van der Waals surface area contributed by atoms with E-state index in [1.165, 1.54) is 24.1 Å². The normalized spacial score (nSPS) is 20.1. The molecule has 0 aliphatic carbocycles. The molecular weight excluding hydrogens is 462 g/mol. The third-order valence-electron chi connectivity index (χ3n) is 5.97. The Morgan fingerprint density at radius 2 is 1.88 bits per heavy atom. The summed E-state index contributed by atoms with van der Waals surface area (Å²) in [7, 11) is -2.40. The lowest BCUT2D eigenvalue weighted by atomic mass is 10.0. The summed E-state index contributed by atoms with van der Waals surface area (Å²) < 4.78 is 33.6. The quantitative estimate of drug-likeness (QED) is 0.581. The summed E-state index contributed by atoms with van der Waals surface area (Å²) in [5.41, 5.74) is 2.70. The molecule has 0 spiro atoms. The van der Waals surface area contributed by atoms with Crippen LogP contribution in [0.1, 0.15) is 16.8 Å². The minimum atomic E-state index is -3.90. The molecule has 5 rings (SSSR count). The number of hydrogen-bond acceptors (Lipinski definition) is 6. The number of anilines is 1. The number of nitrogens with zero attached hydrogens (tertiary/aromatic N) is 1. The summed E-state index contributed by atoms with van der Waals surface area (Å²) in [4.78, 5) is 28.0. The van der Waals surface area contributed by atoms with Gasteiger partial charge in [0.2, 0.25) is 15.9 Å². The van der Waals surface area contributed by atoms with Crippen molar-refractivity contribution < 1.29 is 22.7 Å². The fourth-order valence-electron chi connectivity index (χ4n) is 4.29. The summed E-state index contributed by atoms with van der Waals surface area (Å²) in [5.74, 6) is -0.170. The van der Waals surface area contributed by atoms with Gasteiger partial charge in [-0.2, -0.15) is 11.3 Å². The number of benzene rings is 2. The molecular formula is C23H21N3O5S2. The number of amides is 2. The van der Waals surface area contributed by atoms with Crippen LogP contribution >= 0.6 is 11.3 Å². The first-order valence-electron chi connectivity index (χ1n) is 10.3. The second-order valence-corrected chi connectivity index (χ2v) is 10.4. The zero-order chi connectivity index (χ0) is 23.2. The van der Waals surface area contributed by atoms with Crippen molar-refractivity contribution in [2.75, 3.05) is 19.0 Å². The molecule has 170 valence electrons. The van der Waals surface area contributed by atoms with Crippen molar-refractivity contribution in [3.8, 4) is 16.9 Å². The van der Waals surface area contributed by atoms with Gasteiger partial charge in [-0.15, -0.1) is 0 Å². The molecule has 3 aromatic rings. The predicted octanol–water partition coefficient (Wildman–Crippen LogP) is 2.94. The van der Waals surface area contributed by atoms with E-state index >= 15 is 0 Å². The summed E-state index contributed by atoms with van der Waals surface area (Å²) in [5, 5.41) is 6.77. The van der Waals surface area contributed by atoms with Crippen molar-refractivity contribution in [1.29, 1.82) is 0 Å². The van der Waals surface area contributed by atoms with E-state index in [-0.39, 0.29) is 17.3 Å². The lowest BCUT2D eigenvalue weighted by molar-refractivity contribution is -0.120. The Morgan fingerprint density at radius 1 is 1.09 bits per heavy atom. The summed E-state index contributed by atoms with van der Waals surface area (Å²) in [6, 6.07) is 11.6. The molecule has 1 saturated heterocycles. The highest BCUT2D eigenvalue weighted by atomic mass is 32.2. The van der Waals surface area contributed by atoms with Crippen LogP contribution in [0.3, 0.4) is 0 Å². The average molecular weight is 484 g/mol. The number of methoxy groups -OCH3 is 1. The van der Waals surface area contributed by atoms with Crippen molar-refractivity contribution in [2.24, 2.45) is 0 Å². The maximum atomic E-state index is 13.4. The monoisotopic (exact) mass is 483 g/mol. The van der Waals surface area contributed by atoms with E-state index in [2.05, 4.69) is 10.0 Å². The number of rotatable bonds is 5. The van der Waals surface area contributed by atoms with Crippen molar-refractivity contribution in [2.45, 2.75) is 23.4 Å². The molecule has 10 heteroatoms. The van der Waals surface area contributed by atoms with E-state index in [4.69, 9.17) is 4.74 Å². The molecule has 0 bridgehead atoms. The van der Waals surface area contributed by atoms with Gasteiger partial charge in [-0.3, -0.25) is 9.59 Å². The summed E-state index contributed by atoms with van der Waals surface area (Å²) >= 11 is 1.56. The maximum absolute atomic E-state index is 13.4. The molecule has 1 aromatic heterocycles. The molecule has 0 saturated carbocycles. The highest BCUT2D eigenvalue weighted by Gasteiger charge is 2.46. The minimum Gasteiger partial charge on any atom is -0.497 e. The molecule has 3 heterocycles. The Kier molecular flexibility index (Phi) is 5.43. The number of nitrogens with one attached hydrogen (secondary N) is 2. The van der Waals surface area contributed by atoms with Crippen molar-refractivity contribution >= 4 is 38.9 Å². The number of carbonyl (C=O) groups is 2. The molecule has 2 atom stereocenters. The fourth-order valence-corrected chi connectivity index (χ4v) is 6.23. The van der Waals surface area contributed by atoms with Crippen LogP contribution < -0.4 is 14.8 Å². The van der Waals surface area contributed by atoms with E-state index in [1.807, 2.05) is 22.9 Å². The maximum Gasteiger partial charge on any atom is 0.256 e. The smallest absolute Gasteiger partial charge is 0.256 e. The number of ether oxygens (including phenoxy) is 1. The van der Waals surface area contributed by atoms with Crippen molar-refractivity contribution in [3.63, 3.8) is 0 Å². The number of hydrogen-bond donors (Lipinski definition) is 2. The van der Waals surface area contributed by atoms with Gasteiger partial charge in [0.25, 0.3) is 5.91 Å². The van der Waals surface area contributed by atoms with Gasteiger partial charge < -0.3 is 15.0 Å². The van der Waals surface area contributed by atoms with Crippen molar-refractivity contribution in [3.05, 3.63) is 64.9 Å². The van der Waals surface area contributed by atoms with Crippen LogP contribution in [0.25, 0.3) is 11.1 Å². The van der Waals surface area contributed by atoms with E-state index in [9.17, 15) is 18.0 Å². The first-order valence-corrected chi connectivity index (χ1v) is 12.7. The van der Waals surface area contributed by atoms with Crippen LogP contribution in [0.5, 0.6) is 5.75 Å². The first kappa shape index (κ1) is 21.6. The molecule has 0 unspecified atom stereocenters. The van der Waals surface area contributed by atoms with Crippen LogP contribution in [0.4, 0.5) is 5.69 Å². The third kappa shape index (κ3) is 3.90. The van der Waals surface area contributed by atoms with Gasteiger partial charge in [0.1, 0.15) is 11.8 Å². The molecule has 2 aliphatic rings. The van der Waals surface area contributed by atoms with Gasteiger partial charge in [0.05, 0.1) is 29.3 Å². The number of fused-ring (bicyclic) bond motifs is 2. The first-order chi connectivity index (χ1) is 15.9. The Bertz CT molecular complexity index is 1320. The zero-order valence-corrected chi connectivity index (χ0v) is 19.3. The standard InChI is InChI=1S/C23H21N3O5S2/c1-31-16-3-5-17(6-4-16)33(29,30)25-20-8-10-26-21(20)22(27)24-19-7-2-14(12-18(19)23(26)28)15-9-11-32-13-15/h2-7,9,11-13,20-21,25H,8,10H2,1H3,(H,24,27)/t20-,21+/m1/s1. The van der Waals surface area contributed by atoms with Gasteiger partial charge >= 0.3 is 0 Å². The molecule has 2 aromatic carbocycles. The Morgan fingerprint density at radius 3 is 2.58 bits per heavy atom. The molecule has 2 amide bonds. The van der Waals surface area contributed by atoms with Gasteiger partial charge in [0, 0.05) is 6.54 Å². The zero-order valence-electron chi connectivity index (χ0n) is 17.6. The van der Waals surface area contributed by atoms with Gasteiger partial charge in [-0.25, -0.2) is 13.1 Å². The average Bonchev–Trinajstić information content (AvgIpc) is 3.47. The van der Waals surface area contributed by atoms with Gasteiger partial charge in [-0.1, -0.05) is 6.07 Å². The van der Waals surface area contributed by atoms with Gasteiger partial charge in [0.15, 0.2) is 0 Å². The molecule has 2 aliphatic heterocycles. The van der Waals surface area contributed by atoms with Crippen LogP contribution in [0.15, 0.2) is 64.2 Å². The molecule has 33 heavy (non-hydrogen) atoms. The van der Waals surface area contributed by atoms with E-state index in [0.29, 0.717) is 23.4 Å². The van der Waals surface area contributed by atoms with Gasteiger partial charge in [-0.05, 0) is 70.8 Å². The van der Waals surface area contributed by atoms with E-state index < -0.39 is 28.0 Å². The van der Waals surface area contributed by atoms with E-state index in [1.54, 1.807) is 35.6 Å². The topological polar surface area (TPSA) is 105 Å².